The molecule has 0 spiro atoms. The quantitative estimate of drug-likeness (QED) is 0.523. The molecule has 2 aromatic carbocycles. The predicted octanol–water partition coefficient (Wildman–Crippen LogP) is 6.93. The first-order valence-corrected chi connectivity index (χ1v) is 9.10. The Morgan fingerprint density at radius 1 is 0.870 bits per heavy atom. The number of aryl methyl sites for hydroxylation is 1. The van der Waals surface area contributed by atoms with Crippen LogP contribution in [-0.2, 0) is 6.42 Å². The Morgan fingerprint density at radius 2 is 1.43 bits per heavy atom. The van der Waals surface area contributed by atoms with Gasteiger partial charge in [0, 0.05) is 5.02 Å². The van der Waals surface area contributed by atoms with E-state index in [9.17, 15) is 0 Å². The zero-order valence-electron chi connectivity index (χ0n) is 13.7. The summed E-state index contributed by atoms with van der Waals surface area (Å²) >= 11 is 5.95. The fourth-order valence-electron chi connectivity index (χ4n) is 3.59. The van der Waals surface area contributed by atoms with Crippen LogP contribution < -0.4 is 0 Å². The third kappa shape index (κ3) is 4.48. The van der Waals surface area contributed by atoms with Crippen molar-refractivity contribution in [2.24, 2.45) is 11.8 Å². The van der Waals surface area contributed by atoms with E-state index in [0.29, 0.717) is 0 Å². The summed E-state index contributed by atoms with van der Waals surface area (Å²) in [5.74, 6) is 1.67. The average Bonchev–Trinajstić information content (AvgIpc) is 2.61. The lowest BCUT2D eigenvalue weighted by atomic mass is 9.79. The van der Waals surface area contributed by atoms with E-state index in [1.165, 1.54) is 55.2 Å². The Hall–Kier alpha value is -1.53. The van der Waals surface area contributed by atoms with Gasteiger partial charge in [-0.15, -0.1) is 6.58 Å². The molecule has 0 bridgehead atoms. The van der Waals surface area contributed by atoms with Gasteiger partial charge in [0.05, 0.1) is 0 Å². The molecule has 0 aromatic heterocycles. The van der Waals surface area contributed by atoms with Gasteiger partial charge >= 0.3 is 0 Å². The molecule has 120 valence electrons. The Labute approximate surface area is 145 Å². The van der Waals surface area contributed by atoms with Gasteiger partial charge in [-0.1, -0.05) is 54.1 Å². The highest BCUT2D eigenvalue weighted by molar-refractivity contribution is 6.30. The molecule has 2 aromatic rings. The van der Waals surface area contributed by atoms with Crippen LogP contribution in [-0.4, -0.2) is 0 Å². The topological polar surface area (TPSA) is 0 Å². The van der Waals surface area contributed by atoms with Gasteiger partial charge in [-0.05, 0) is 79.2 Å². The van der Waals surface area contributed by atoms with Crippen molar-refractivity contribution in [3.8, 4) is 11.1 Å². The Morgan fingerprint density at radius 3 is 2.00 bits per heavy atom. The van der Waals surface area contributed by atoms with E-state index in [4.69, 9.17) is 11.6 Å². The zero-order chi connectivity index (χ0) is 16.1. The van der Waals surface area contributed by atoms with Crippen molar-refractivity contribution < 1.29 is 0 Å². The van der Waals surface area contributed by atoms with E-state index in [-0.39, 0.29) is 0 Å². The highest BCUT2D eigenvalue weighted by Crippen LogP contribution is 2.32. The van der Waals surface area contributed by atoms with Crippen molar-refractivity contribution in [3.05, 3.63) is 71.8 Å². The number of benzene rings is 2. The molecule has 1 fully saturated rings. The van der Waals surface area contributed by atoms with Crippen molar-refractivity contribution in [3.63, 3.8) is 0 Å². The average molecular weight is 325 g/mol. The van der Waals surface area contributed by atoms with Gasteiger partial charge in [0.2, 0.25) is 0 Å². The lowest BCUT2D eigenvalue weighted by Gasteiger charge is -2.26. The lowest BCUT2D eigenvalue weighted by Crippen LogP contribution is -2.13. The van der Waals surface area contributed by atoms with E-state index in [1.807, 2.05) is 12.1 Å². The Balaban J connectivity index is 1.54. The lowest BCUT2D eigenvalue weighted by molar-refractivity contribution is 0.296. The van der Waals surface area contributed by atoms with Crippen LogP contribution in [0.3, 0.4) is 0 Å². The van der Waals surface area contributed by atoms with Crippen LogP contribution in [0.4, 0.5) is 0 Å². The molecule has 0 atom stereocenters. The monoisotopic (exact) mass is 324 g/mol. The van der Waals surface area contributed by atoms with Crippen LogP contribution in [0, 0.1) is 11.8 Å². The van der Waals surface area contributed by atoms with Crippen LogP contribution in [0.2, 0.25) is 5.02 Å². The molecule has 1 saturated carbocycles. The summed E-state index contributed by atoms with van der Waals surface area (Å²) < 4.78 is 0. The number of rotatable bonds is 5. The van der Waals surface area contributed by atoms with Crippen molar-refractivity contribution in [2.45, 2.75) is 38.5 Å². The number of halogens is 1. The summed E-state index contributed by atoms with van der Waals surface area (Å²) in [6, 6.07) is 17.1. The molecule has 0 amide bonds. The van der Waals surface area contributed by atoms with E-state index >= 15 is 0 Å². The summed E-state index contributed by atoms with van der Waals surface area (Å²) in [6.07, 6.45) is 10.1. The van der Waals surface area contributed by atoms with E-state index in [2.05, 4.69) is 49.1 Å². The maximum absolute atomic E-state index is 5.95. The SMILES string of the molecule is C=C[C@H]1CC[C@H](CCc2ccc(-c3ccc(Cl)cc3)cc2)CC1. The van der Waals surface area contributed by atoms with Crippen molar-refractivity contribution in [2.75, 3.05) is 0 Å². The van der Waals surface area contributed by atoms with Crippen LogP contribution in [0.1, 0.15) is 37.7 Å². The van der Waals surface area contributed by atoms with Crippen LogP contribution >= 0.6 is 11.6 Å². The van der Waals surface area contributed by atoms with Crippen LogP contribution in [0.25, 0.3) is 11.1 Å². The van der Waals surface area contributed by atoms with Crippen LogP contribution in [0.5, 0.6) is 0 Å². The molecule has 1 aliphatic carbocycles. The molecule has 1 heteroatoms. The Kier molecular flexibility index (Phi) is 5.56. The first-order chi connectivity index (χ1) is 11.2. The smallest absolute Gasteiger partial charge is 0.0406 e. The van der Waals surface area contributed by atoms with Gasteiger partial charge < -0.3 is 0 Å². The first-order valence-electron chi connectivity index (χ1n) is 8.72. The molecule has 0 heterocycles. The second kappa shape index (κ2) is 7.84. The molecule has 0 N–H and O–H groups in total. The minimum atomic E-state index is 0.768. The molecular weight excluding hydrogens is 300 g/mol. The maximum atomic E-state index is 5.95. The second-order valence-electron chi connectivity index (χ2n) is 6.76. The van der Waals surface area contributed by atoms with Crippen molar-refractivity contribution in [1.82, 2.24) is 0 Å². The third-order valence-electron chi connectivity index (χ3n) is 5.20. The minimum Gasteiger partial charge on any atom is -0.103 e. The summed E-state index contributed by atoms with van der Waals surface area (Å²) in [7, 11) is 0. The van der Waals surface area contributed by atoms with Gasteiger partial charge in [0.15, 0.2) is 0 Å². The maximum Gasteiger partial charge on any atom is 0.0406 e. The van der Waals surface area contributed by atoms with Crippen molar-refractivity contribution >= 4 is 11.6 Å². The van der Waals surface area contributed by atoms with Crippen LogP contribution in [0.15, 0.2) is 61.2 Å². The van der Waals surface area contributed by atoms with Crippen molar-refractivity contribution in [1.29, 1.82) is 0 Å². The third-order valence-corrected chi connectivity index (χ3v) is 5.45. The molecule has 0 saturated heterocycles. The predicted molar refractivity (Wildman–Crippen MR) is 101 cm³/mol. The normalized spacial score (nSPS) is 21.1. The molecule has 0 aliphatic heterocycles. The van der Waals surface area contributed by atoms with Gasteiger partial charge in [-0.25, -0.2) is 0 Å². The molecule has 0 unspecified atom stereocenters. The fraction of sp³-hybridized carbons (Fsp3) is 0.364. The molecule has 3 rings (SSSR count). The van der Waals surface area contributed by atoms with E-state index in [0.717, 1.165) is 16.9 Å². The van der Waals surface area contributed by atoms with Gasteiger partial charge in [-0.3, -0.25) is 0 Å². The molecular formula is C22H25Cl. The van der Waals surface area contributed by atoms with Gasteiger partial charge in [0.1, 0.15) is 0 Å². The minimum absolute atomic E-state index is 0.768. The Bertz CT molecular complexity index is 616. The number of allylic oxidation sites excluding steroid dienone is 1. The summed E-state index contributed by atoms with van der Waals surface area (Å²) in [6.45, 7) is 3.93. The van der Waals surface area contributed by atoms with Gasteiger partial charge in [0.25, 0.3) is 0 Å². The summed E-state index contributed by atoms with van der Waals surface area (Å²) in [5.41, 5.74) is 3.94. The molecule has 0 nitrogen and oxygen atoms in total. The van der Waals surface area contributed by atoms with Gasteiger partial charge in [-0.2, -0.15) is 0 Å². The largest absolute Gasteiger partial charge is 0.103 e. The van der Waals surface area contributed by atoms with E-state index in [1.54, 1.807) is 0 Å². The van der Waals surface area contributed by atoms with E-state index < -0.39 is 0 Å². The fourth-order valence-corrected chi connectivity index (χ4v) is 3.72. The number of hydrogen-bond donors (Lipinski definition) is 0. The molecule has 0 radical (unpaired) electrons. The molecule has 1 aliphatic rings. The standard InChI is InChI=1S/C22H25Cl/c1-2-17-3-5-18(6-4-17)7-8-19-9-11-20(12-10-19)21-13-15-22(23)16-14-21/h2,9-18H,1,3-8H2/t17-,18-. The first kappa shape index (κ1) is 16.3. The molecule has 23 heavy (non-hydrogen) atoms. The second-order valence-corrected chi connectivity index (χ2v) is 7.20. The highest BCUT2D eigenvalue weighted by atomic mass is 35.5. The highest BCUT2D eigenvalue weighted by Gasteiger charge is 2.18. The zero-order valence-corrected chi connectivity index (χ0v) is 14.4. The summed E-state index contributed by atoms with van der Waals surface area (Å²) in [4.78, 5) is 0. The summed E-state index contributed by atoms with van der Waals surface area (Å²) in [5, 5.41) is 0.788. The number of hydrogen-bond acceptors (Lipinski definition) is 0.